The van der Waals surface area contributed by atoms with Gasteiger partial charge >= 0.3 is 0 Å². The Morgan fingerprint density at radius 3 is 3.00 bits per heavy atom. The van der Waals surface area contributed by atoms with Gasteiger partial charge in [-0.25, -0.2) is 9.97 Å². The Labute approximate surface area is 94.6 Å². The lowest BCUT2D eigenvalue weighted by molar-refractivity contribution is 1.17. The van der Waals surface area contributed by atoms with Gasteiger partial charge in [-0.15, -0.1) is 11.3 Å². The van der Waals surface area contributed by atoms with Crippen molar-refractivity contribution in [3.63, 3.8) is 0 Å². The van der Waals surface area contributed by atoms with E-state index in [4.69, 9.17) is 0 Å². The molecule has 78 valence electrons. The summed E-state index contributed by atoms with van der Waals surface area (Å²) in [7, 11) is 0. The molecule has 0 aliphatic rings. The minimum absolute atomic E-state index is 0.150. The number of nitrogens with zero attached hydrogens (tertiary/aromatic N) is 2. The lowest BCUT2D eigenvalue weighted by Gasteiger charge is -1.98. The van der Waals surface area contributed by atoms with Crippen LogP contribution in [-0.4, -0.2) is 15.0 Å². The van der Waals surface area contributed by atoms with Gasteiger partial charge in [-0.1, -0.05) is 6.07 Å². The van der Waals surface area contributed by atoms with E-state index in [-0.39, 0.29) is 5.56 Å². The molecule has 0 aliphatic carbocycles. The van der Waals surface area contributed by atoms with Crippen LogP contribution in [0.15, 0.2) is 40.6 Å². The monoisotopic (exact) mass is 229 g/mol. The maximum Gasteiger partial charge on any atom is 0.249 e. The van der Waals surface area contributed by atoms with E-state index in [0.717, 1.165) is 10.3 Å². The molecular formula is C11H7N3OS. The fraction of sp³-hybridized carbons (Fsp3) is 0. The number of rotatable bonds is 1. The van der Waals surface area contributed by atoms with Gasteiger partial charge < -0.3 is 4.98 Å². The zero-order valence-electron chi connectivity index (χ0n) is 8.18. The van der Waals surface area contributed by atoms with E-state index in [9.17, 15) is 4.79 Å². The van der Waals surface area contributed by atoms with Crippen LogP contribution in [0.4, 0.5) is 0 Å². The number of aromatic nitrogens is 3. The Balaban J connectivity index is 2.26. The van der Waals surface area contributed by atoms with Gasteiger partial charge in [0.05, 0.1) is 4.88 Å². The van der Waals surface area contributed by atoms with E-state index in [1.165, 1.54) is 6.07 Å². The maximum absolute atomic E-state index is 11.2. The largest absolute Gasteiger partial charge is 0.306 e. The van der Waals surface area contributed by atoms with E-state index in [1.54, 1.807) is 23.6 Å². The van der Waals surface area contributed by atoms with Gasteiger partial charge in [0, 0.05) is 17.6 Å². The summed E-state index contributed by atoms with van der Waals surface area (Å²) in [6.07, 6.45) is 1.72. The molecule has 0 unspecified atom stereocenters. The molecule has 0 aromatic carbocycles. The fourth-order valence-electron chi connectivity index (χ4n) is 1.46. The molecule has 0 spiro atoms. The summed E-state index contributed by atoms with van der Waals surface area (Å²) in [5, 5.41) is 2.80. The van der Waals surface area contributed by atoms with Crippen LogP contribution in [0.25, 0.3) is 21.7 Å². The van der Waals surface area contributed by atoms with Gasteiger partial charge in [0.15, 0.2) is 5.82 Å². The SMILES string of the molecule is O=c1ccc2cnc(-c3cccs3)nc2[nH]1. The molecule has 0 saturated heterocycles. The van der Waals surface area contributed by atoms with Gasteiger partial charge in [-0.2, -0.15) is 0 Å². The summed E-state index contributed by atoms with van der Waals surface area (Å²) in [5.41, 5.74) is 0.425. The minimum atomic E-state index is -0.150. The van der Waals surface area contributed by atoms with Crippen molar-refractivity contribution in [3.05, 3.63) is 46.2 Å². The second kappa shape index (κ2) is 3.53. The Morgan fingerprint density at radius 1 is 1.25 bits per heavy atom. The zero-order valence-corrected chi connectivity index (χ0v) is 8.99. The predicted octanol–water partition coefficient (Wildman–Crippen LogP) is 2.05. The van der Waals surface area contributed by atoms with Crippen molar-refractivity contribution in [2.24, 2.45) is 0 Å². The highest BCUT2D eigenvalue weighted by Gasteiger charge is 2.03. The lowest BCUT2D eigenvalue weighted by atomic mass is 10.3. The van der Waals surface area contributed by atoms with Crippen molar-refractivity contribution < 1.29 is 0 Å². The Kier molecular flexibility index (Phi) is 2.04. The average Bonchev–Trinajstić information content (AvgIpc) is 2.81. The number of hydrogen-bond donors (Lipinski definition) is 1. The summed E-state index contributed by atoms with van der Waals surface area (Å²) < 4.78 is 0. The first-order valence-electron chi connectivity index (χ1n) is 4.73. The maximum atomic E-state index is 11.2. The molecule has 3 heterocycles. The first kappa shape index (κ1) is 9.23. The molecule has 0 saturated carbocycles. The van der Waals surface area contributed by atoms with Gasteiger partial charge in [0.25, 0.3) is 0 Å². The molecule has 0 fully saturated rings. The molecule has 16 heavy (non-hydrogen) atoms. The van der Waals surface area contributed by atoms with Crippen LogP contribution in [0, 0.1) is 0 Å². The zero-order chi connectivity index (χ0) is 11.0. The van der Waals surface area contributed by atoms with Crippen LogP contribution >= 0.6 is 11.3 Å². The van der Waals surface area contributed by atoms with Gasteiger partial charge in [-0.05, 0) is 17.5 Å². The average molecular weight is 229 g/mol. The molecule has 3 aromatic heterocycles. The van der Waals surface area contributed by atoms with Crippen LogP contribution in [0.3, 0.4) is 0 Å². The standard InChI is InChI=1S/C11H7N3OS/c15-9-4-3-7-6-12-11(14-10(7)13-9)8-2-1-5-16-8/h1-6H,(H,12,13,14,15). The van der Waals surface area contributed by atoms with Crippen LogP contribution in [0.1, 0.15) is 0 Å². The second-order valence-corrected chi connectivity index (χ2v) is 4.25. The highest BCUT2D eigenvalue weighted by atomic mass is 32.1. The van der Waals surface area contributed by atoms with Crippen LogP contribution in [0.2, 0.25) is 0 Å². The Bertz CT molecular complexity index is 688. The number of pyridine rings is 1. The van der Waals surface area contributed by atoms with E-state index < -0.39 is 0 Å². The number of thiophene rings is 1. The van der Waals surface area contributed by atoms with Gasteiger partial charge in [0.2, 0.25) is 5.56 Å². The summed E-state index contributed by atoms with van der Waals surface area (Å²) in [6, 6.07) is 7.08. The number of fused-ring (bicyclic) bond motifs is 1. The normalized spacial score (nSPS) is 10.8. The number of hydrogen-bond acceptors (Lipinski definition) is 4. The van der Waals surface area contributed by atoms with Crippen molar-refractivity contribution in [3.8, 4) is 10.7 Å². The van der Waals surface area contributed by atoms with Crippen LogP contribution < -0.4 is 5.56 Å². The fourth-order valence-corrected chi connectivity index (χ4v) is 2.13. The highest BCUT2D eigenvalue weighted by molar-refractivity contribution is 7.13. The van der Waals surface area contributed by atoms with Gasteiger partial charge in [0.1, 0.15) is 5.65 Å². The Hall–Kier alpha value is -2.01. The van der Waals surface area contributed by atoms with Crippen molar-refractivity contribution in [1.82, 2.24) is 15.0 Å². The molecular weight excluding hydrogens is 222 g/mol. The van der Waals surface area contributed by atoms with E-state index in [1.807, 2.05) is 17.5 Å². The number of nitrogens with one attached hydrogen (secondary N) is 1. The number of H-pyrrole nitrogens is 1. The lowest BCUT2D eigenvalue weighted by Crippen LogP contribution is -2.04. The molecule has 0 bridgehead atoms. The molecule has 0 atom stereocenters. The molecule has 1 N–H and O–H groups in total. The van der Waals surface area contributed by atoms with E-state index >= 15 is 0 Å². The molecule has 3 aromatic rings. The molecule has 0 aliphatic heterocycles. The predicted molar refractivity (Wildman–Crippen MR) is 63.5 cm³/mol. The van der Waals surface area contributed by atoms with Crippen molar-refractivity contribution >= 4 is 22.4 Å². The molecule has 0 radical (unpaired) electrons. The molecule has 4 nitrogen and oxygen atoms in total. The summed E-state index contributed by atoms with van der Waals surface area (Å²) in [6.45, 7) is 0. The minimum Gasteiger partial charge on any atom is -0.306 e. The third-order valence-corrected chi connectivity index (χ3v) is 3.08. The summed E-state index contributed by atoms with van der Waals surface area (Å²) >= 11 is 1.57. The third kappa shape index (κ3) is 1.51. The molecule has 0 amide bonds. The molecule has 5 heteroatoms. The first-order chi connectivity index (χ1) is 7.83. The topological polar surface area (TPSA) is 58.6 Å². The van der Waals surface area contributed by atoms with E-state index in [0.29, 0.717) is 11.5 Å². The smallest absolute Gasteiger partial charge is 0.249 e. The highest BCUT2D eigenvalue weighted by Crippen LogP contribution is 2.21. The number of aromatic amines is 1. The van der Waals surface area contributed by atoms with Crippen LogP contribution in [0.5, 0.6) is 0 Å². The van der Waals surface area contributed by atoms with Crippen molar-refractivity contribution in [2.75, 3.05) is 0 Å². The molecule has 3 rings (SSSR count). The van der Waals surface area contributed by atoms with E-state index in [2.05, 4.69) is 15.0 Å². The summed E-state index contributed by atoms with van der Waals surface area (Å²) in [4.78, 5) is 23.4. The van der Waals surface area contributed by atoms with Crippen molar-refractivity contribution in [1.29, 1.82) is 0 Å². The first-order valence-corrected chi connectivity index (χ1v) is 5.61. The second-order valence-electron chi connectivity index (χ2n) is 3.30. The summed E-state index contributed by atoms with van der Waals surface area (Å²) in [5.74, 6) is 0.643. The van der Waals surface area contributed by atoms with Gasteiger partial charge in [-0.3, -0.25) is 4.79 Å². The third-order valence-electron chi connectivity index (χ3n) is 2.21. The Morgan fingerprint density at radius 2 is 2.19 bits per heavy atom. The van der Waals surface area contributed by atoms with Crippen molar-refractivity contribution in [2.45, 2.75) is 0 Å². The van der Waals surface area contributed by atoms with Crippen LogP contribution in [-0.2, 0) is 0 Å². The quantitative estimate of drug-likeness (QED) is 0.694.